The summed E-state index contributed by atoms with van der Waals surface area (Å²) in [7, 11) is 0. The minimum atomic E-state index is -1.29. The van der Waals surface area contributed by atoms with Crippen molar-refractivity contribution in [3.05, 3.63) is 76.7 Å². The Balaban J connectivity index is 1.92. The van der Waals surface area contributed by atoms with Crippen molar-refractivity contribution in [2.45, 2.75) is 0 Å². The van der Waals surface area contributed by atoms with Gasteiger partial charge in [0.1, 0.15) is 28.8 Å². The van der Waals surface area contributed by atoms with E-state index in [4.69, 9.17) is 11.6 Å². The lowest BCUT2D eigenvalue weighted by molar-refractivity contribution is 0.101. The Bertz CT molecular complexity index is 886. The number of nitrogens with one attached hydrogen (secondary N) is 1. The van der Waals surface area contributed by atoms with Crippen LogP contribution in [-0.2, 0) is 0 Å². The third kappa shape index (κ3) is 3.11. The fourth-order valence-corrected chi connectivity index (χ4v) is 2.25. The summed E-state index contributed by atoms with van der Waals surface area (Å²) in [5.74, 6) is -4.55. The van der Waals surface area contributed by atoms with Gasteiger partial charge in [0, 0.05) is 23.2 Å². The zero-order chi connectivity index (χ0) is 17.3. The first-order chi connectivity index (χ1) is 11.5. The quantitative estimate of drug-likeness (QED) is 0.769. The molecule has 0 atom stereocenters. The molecular formula is C16H9ClF3N3O. The van der Waals surface area contributed by atoms with Gasteiger partial charge >= 0.3 is 0 Å². The highest BCUT2D eigenvalue weighted by atomic mass is 35.5. The Labute approximate surface area is 139 Å². The fraction of sp³-hybridized carbons (Fsp3) is 0. The summed E-state index contributed by atoms with van der Waals surface area (Å²) < 4.78 is 41.6. The predicted octanol–water partition coefficient (Wildman–Crippen LogP) is 4.20. The maximum absolute atomic E-state index is 13.7. The molecule has 122 valence electrons. The number of anilines is 1. The van der Waals surface area contributed by atoms with Crippen LogP contribution >= 0.6 is 11.6 Å². The van der Waals surface area contributed by atoms with Gasteiger partial charge in [0.15, 0.2) is 0 Å². The van der Waals surface area contributed by atoms with E-state index >= 15 is 0 Å². The maximum Gasteiger partial charge on any atom is 0.262 e. The summed E-state index contributed by atoms with van der Waals surface area (Å²) in [6.07, 6.45) is 1.40. The number of hydrogen-bond donors (Lipinski definition) is 1. The van der Waals surface area contributed by atoms with Crippen molar-refractivity contribution in [2.24, 2.45) is 0 Å². The smallest absolute Gasteiger partial charge is 0.262 e. The third-order valence-corrected chi connectivity index (χ3v) is 3.44. The molecule has 0 aliphatic carbocycles. The highest BCUT2D eigenvalue weighted by Crippen LogP contribution is 2.20. The van der Waals surface area contributed by atoms with Gasteiger partial charge in [-0.3, -0.25) is 4.79 Å². The number of carbonyl (C=O) groups excluding carboxylic acids is 1. The van der Waals surface area contributed by atoms with E-state index in [1.54, 1.807) is 24.3 Å². The lowest BCUT2D eigenvalue weighted by Crippen LogP contribution is -2.18. The number of benzene rings is 2. The van der Waals surface area contributed by atoms with Gasteiger partial charge in [-0.15, -0.1) is 0 Å². The lowest BCUT2D eigenvalue weighted by Gasteiger charge is -2.10. The van der Waals surface area contributed by atoms with Gasteiger partial charge in [0.05, 0.1) is 11.9 Å². The van der Waals surface area contributed by atoms with Gasteiger partial charge in [-0.25, -0.2) is 17.9 Å². The second-order valence-corrected chi connectivity index (χ2v) is 5.24. The number of rotatable bonds is 3. The van der Waals surface area contributed by atoms with Crippen molar-refractivity contribution in [3.63, 3.8) is 0 Å². The van der Waals surface area contributed by atoms with Gasteiger partial charge in [-0.05, 0) is 24.3 Å². The third-order valence-electron chi connectivity index (χ3n) is 3.19. The van der Waals surface area contributed by atoms with Gasteiger partial charge in [-0.2, -0.15) is 5.10 Å². The highest BCUT2D eigenvalue weighted by Gasteiger charge is 2.20. The molecule has 3 rings (SSSR count). The molecule has 0 bridgehead atoms. The Morgan fingerprint density at radius 2 is 1.67 bits per heavy atom. The van der Waals surface area contributed by atoms with E-state index in [9.17, 15) is 18.0 Å². The first-order valence-corrected chi connectivity index (χ1v) is 7.09. The standard InChI is InChI=1S/C16H9ClF3N3O/c17-9-1-3-11(4-2-9)23-14(5-6-21-23)22-16(24)15-12(19)7-10(18)8-13(15)20/h1-8H,(H,22,24). The van der Waals surface area contributed by atoms with E-state index in [1.807, 2.05) is 0 Å². The molecule has 3 aromatic rings. The van der Waals surface area contributed by atoms with E-state index in [0.29, 0.717) is 22.8 Å². The van der Waals surface area contributed by atoms with Crippen LogP contribution in [0.1, 0.15) is 10.4 Å². The van der Waals surface area contributed by atoms with Crippen molar-refractivity contribution in [1.29, 1.82) is 0 Å². The van der Waals surface area contributed by atoms with Crippen LogP contribution < -0.4 is 5.32 Å². The lowest BCUT2D eigenvalue weighted by atomic mass is 10.2. The molecule has 0 unspecified atom stereocenters. The van der Waals surface area contributed by atoms with Crippen LogP contribution in [0.4, 0.5) is 19.0 Å². The molecule has 0 aliphatic rings. The van der Waals surface area contributed by atoms with E-state index in [-0.39, 0.29) is 5.82 Å². The SMILES string of the molecule is O=C(Nc1ccnn1-c1ccc(Cl)cc1)c1c(F)cc(F)cc1F. The van der Waals surface area contributed by atoms with Gasteiger partial charge < -0.3 is 5.32 Å². The van der Waals surface area contributed by atoms with E-state index in [0.717, 1.165) is 0 Å². The van der Waals surface area contributed by atoms with Crippen molar-refractivity contribution < 1.29 is 18.0 Å². The van der Waals surface area contributed by atoms with Crippen molar-refractivity contribution in [1.82, 2.24) is 9.78 Å². The molecule has 8 heteroatoms. The first kappa shape index (κ1) is 16.1. The fourth-order valence-electron chi connectivity index (χ4n) is 2.12. The molecule has 0 saturated carbocycles. The summed E-state index contributed by atoms with van der Waals surface area (Å²) >= 11 is 5.81. The molecule has 0 fully saturated rings. The molecule has 0 aliphatic heterocycles. The normalized spacial score (nSPS) is 10.7. The summed E-state index contributed by atoms with van der Waals surface area (Å²) in [4.78, 5) is 12.1. The molecule has 1 heterocycles. The molecule has 4 nitrogen and oxygen atoms in total. The zero-order valence-electron chi connectivity index (χ0n) is 11.9. The van der Waals surface area contributed by atoms with Crippen LogP contribution in [0.5, 0.6) is 0 Å². The topological polar surface area (TPSA) is 46.9 Å². The molecule has 0 radical (unpaired) electrons. The number of aromatic nitrogens is 2. The van der Waals surface area contributed by atoms with E-state index < -0.39 is 28.9 Å². The summed E-state index contributed by atoms with van der Waals surface area (Å²) in [6, 6.07) is 8.90. The second kappa shape index (κ2) is 6.37. The monoisotopic (exact) mass is 351 g/mol. The van der Waals surface area contributed by atoms with Crippen molar-refractivity contribution in [2.75, 3.05) is 5.32 Å². The summed E-state index contributed by atoms with van der Waals surface area (Å²) in [5, 5.41) is 6.90. The predicted molar refractivity (Wildman–Crippen MR) is 82.8 cm³/mol. The second-order valence-electron chi connectivity index (χ2n) is 4.80. The molecule has 1 N–H and O–H groups in total. The minimum Gasteiger partial charge on any atom is -0.306 e. The molecule has 1 amide bonds. The van der Waals surface area contributed by atoms with Crippen LogP contribution in [0.25, 0.3) is 5.69 Å². The number of amides is 1. The number of carbonyl (C=O) groups is 1. The molecule has 2 aromatic carbocycles. The maximum atomic E-state index is 13.7. The average molecular weight is 352 g/mol. The Morgan fingerprint density at radius 1 is 1.04 bits per heavy atom. The van der Waals surface area contributed by atoms with Crippen LogP contribution in [0, 0.1) is 17.5 Å². The summed E-state index contributed by atoms with van der Waals surface area (Å²) in [6.45, 7) is 0. The van der Waals surface area contributed by atoms with Crippen molar-refractivity contribution >= 4 is 23.3 Å². The molecule has 0 saturated heterocycles. The van der Waals surface area contributed by atoms with E-state index in [1.165, 1.54) is 16.9 Å². The van der Waals surface area contributed by atoms with Crippen LogP contribution in [0.2, 0.25) is 5.02 Å². The summed E-state index contributed by atoms with van der Waals surface area (Å²) in [5.41, 5.74) is -0.292. The average Bonchev–Trinajstić information content (AvgIpc) is 2.95. The number of halogens is 4. The Kier molecular flexibility index (Phi) is 4.26. The number of hydrogen-bond acceptors (Lipinski definition) is 2. The molecular weight excluding hydrogens is 343 g/mol. The molecule has 24 heavy (non-hydrogen) atoms. The van der Waals surface area contributed by atoms with Crippen LogP contribution in [-0.4, -0.2) is 15.7 Å². The number of nitrogens with zero attached hydrogens (tertiary/aromatic N) is 2. The van der Waals surface area contributed by atoms with Gasteiger partial charge in [0.2, 0.25) is 0 Å². The highest BCUT2D eigenvalue weighted by molar-refractivity contribution is 6.30. The van der Waals surface area contributed by atoms with Crippen molar-refractivity contribution in [3.8, 4) is 5.69 Å². The van der Waals surface area contributed by atoms with Gasteiger partial charge in [-0.1, -0.05) is 11.6 Å². The Morgan fingerprint density at radius 3 is 2.29 bits per heavy atom. The molecule has 1 aromatic heterocycles. The largest absolute Gasteiger partial charge is 0.306 e. The van der Waals surface area contributed by atoms with Crippen LogP contribution in [0.3, 0.4) is 0 Å². The van der Waals surface area contributed by atoms with Crippen LogP contribution in [0.15, 0.2) is 48.7 Å². The molecule has 0 spiro atoms. The first-order valence-electron chi connectivity index (χ1n) is 6.71. The zero-order valence-corrected chi connectivity index (χ0v) is 12.7. The minimum absolute atomic E-state index is 0.186. The van der Waals surface area contributed by atoms with E-state index in [2.05, 4.69) is 10.4 Å². The Hall–Kier alpha value is -2.80. The van der Waals surface area contributed by atoms with Gasteiger partial charge in [0.25, 0.3) is 5.91 Å².